The van der Waals surface area contributed by atoms with Crippen LogP contribution in [-0.4, -0.2) is 23.9 Å². The molecule has 0 unspecified atom stereocenters. The van der Waals surface area contributed by atoms with Crippen LogP contribution < -0.4 is 0 Å². The molecule has 24 heavy (non-hydrogen) atoms. The Morgan fingerprint density at radius 1 is 1.25 bits per heavy atom. The van der Waals surface area contributed by atoms with Gasteiger partial charge in [0.15, 0.2) is 5.16 Å². The predicted octanol–water partition coefficient (Wildman–Crippen LogP) is 3.70. The average molecular weight is 357 g/mol. The second kappa shape index (κ2) is 6.10. The van der Waals surface area contributed by atoms with Gasteiger partial charge in [-0.05, 0) is 22.2 Å². The van der Waals surface area contributed by atoms with Crippen LogP contribution in [0.2, 0.25) is 0 Å². The van der Waals surface area contributed by atoms with Gasteiger partial charge in [0, 0.05) is 24.3 Å². The summed E-state index contributed by atoms with van der Waals surface area (Å²) in [6, 6.07) is 9.99. The van der Waals surface area contributed by atoms with Gasteiger partial charge in [0.25, 0.3) is 4.96 Å². The monoisotopic (exact) mass is 357 g/mol. The van der Waals surface area contributed by atoms with E-state index in [1.54, 1.807) is 17.8 Å². The Labute approximate surface area is 144 Å². The van der Waals surface area contributed by atoms with Gasteiger partial charge in [-0.2, -0.15) is 9.38 Å². The van der Waals surface area contributed by atoms with Crippen LogP contribution in [0.15, 0.2) is 64.5 Å². The number of benzene rings is 1. The van der Waals surface area contributed by atoms with Crippen molar-refractivity contribution in [2.24, 2.45) is 0 Å². The molecular weight excluding hydrogens is 346 g/mol. The summed E-state index contributed by atoms with van der Waals surface area (Å²) in [7, 11) is 0. The van der Waals surface area contributed by atoms with Crippen LogP contribution >= 0.6 is 23.1 Å². The van der Waals surface area contributed by atoms with E-state index in [-0.39, 0.29) is 5.82 Å². The predicted molar refractivity (Wildman–Crippen MR) is 91.6 cm³/mol. The Bertz CT molecular complexity index is 1010. The van der Waals surface area contributed by atoms with Gasteiger partial charge in [0.2, 0.25) is 5.03 Å². The summed E-state index contributed by atoms with van der Waals surface area (Å²) in [5.74, 6) is -0.0227. The summed E-state index contributed by atoms with van der Waals surface area (Å²) in [6.07, 6.45) is 5.21. The van der Waals surface area contributed by atoms with E-state index >= 15 is 0 Å². The summed E-state index contributed by atoms with van der Waals surface area (Å²) in [5.41, 5.74) is 1.14. The third-order valence-electron chi connectivity index (χ3n) is 3.44. The maximum atomic E-state index is 11.4. The molecule has 9 heteroatoms. The number of fused-ring (bicyclic) bond motifs is 1. The van der Waals surface area contributed by atoms with E-state index in [0.29, 0.717) is 21.7 Å². The number of thiazole rings is 1. The molecule has 0 atom stereocenters. The second-order valence-corrected chi connectivity index (χ2v) is 6.81. The molecule has 0 amide bonds. The molecule has 0 radical (unpaired) electrons. The molecule has 3 heterocycles. The molecule has 0 N–H and O–H groups in total. The zero-order chi connectivity index (χ0) is 16.5. The maximum Gasteiger partial charge on any atom is 0.363 e. The molecule has 0 spiro atoms. The second-order valence-electron chi connectivity index (χ2n) is 4.98. The minimum atomic E-state index is -0.403. The molecule has 3 aromatic heterocycles. The largest absolute Gasteiger partial charge is 0.363 e. The minimum absolute atomic E-state index is 0.0227. The smallest absolute Gasteiger partial charge is 0.358 e. The summed E-state index contributed by atoms with van der Waals surface area (Å²) in [5, 5.41) is 14.2. The fourth-order valence-corrected chi connectivity index (χ4v) is 4.07. The molecule has 0 fully saturated rings. The quantitative estimate of drug-likeness (QED) is 0.402. The van der Waals surface area contributed by atoms with Crippen LogP contribution in [0.3, 0.4) is 0 Å². The standard InChI is InChI=1S/C15H11N5O2S2/c21-20(22)13-12(17-15-19(13)8-9-23-15)24-14-16-6-7-18(14)10-11-4-2-1-3-5-11/h1-9H,10H2. The zero-order valence-electron chi connectivity index (χ0n) is 12.3. The number of imidazole rings is 2. The Hall–Kier alpha value is -2.65. The van der Waals surface area contributed by atoms with Crippen LogP contribution in [0.5, 0.6) is 0 Å². The summed E-state index contributed by atoms with van der Waals surface area (Å²) < 4.78 is 3.45. The Balaban J connectivity index is 1.67. The van der Waals surface area contributed by atoms with Gasteiger partial charge in [0.1, 0.15) is 6.20 Å². The van der Waals surface area contributed by atoms with Crippen molar-refractivity contribution in [3.05, 3.63) is 70.0 Å². The highest BCUT2D eigenvalue weighted by Gasteiger charge is 2.25. The van der Waals surface area contributed by atoms with E-state index in [9.17, 15) is 10.1 Å². The van der Waals surface area contributed by atoms with Crippen molar-refractivity contribution in [2.75, 3.05) is 0 Å². The van der Waals surface area contributed by atoms with Gasteiger partial charge in [-0.1, -0.05) is 41.7 Å². The van der Waals surface area contributed by atoms with Gasteiger partial charge >= 0.3 is 5.82 Å². The van der Waals surface area contributed by atoms with Crippen molar-refractivity contribution in [1.29, 1.82) is 0 Å². The molecule has 4 rings (SSSR count). The Morgan fingerprint density at radius 3 is 2.88 bits per heavy atom. The van der Waals surface area contributed by atoms with Crippen LogP contribution in [0, 0.1) is 10.1 Å². The van der Waals surface area contributed by atoms with Crippen LogP contribution in [0.25, 0.3) is 4.96 Å². The van der Waals surface area contributed by atoms with Crippen molar-refractivity contribution in [3.8, 4) is 0 Å². The molecule has 0 aliphatic carbocycles. The topological polar surface area (TPSA) is 78.3 Å². The van der Waals surface area contributed by atoms with Gasteiger partial charge in [-0.25, -0.2) is 4.98 Å². The highest BCUT2D eigenvalue weighted by atomic mass is 32.2. The van der Waals surface area contributed by atoms with Gasteiger partial charge in [-0.3, -0.25) is 0 Å². The number of nitro groups is 1. The number of hydrogen-bond donors (Lipinski definition) is 0. The van der Waals surface area contributed by atoms with Crippen molar-refractivity contribution < 1.29 is 4.92 Å². The zero-order valence-corrected chi connectivity index (χ0v) is 13.9. The molecule has 4 aromatic rings. The van der Waals surface area contributed by atoms with Gasteiger partial charge < -0.3 is 14.7 Å². The van der Waals surface area contributed by atoms with Crippen LogP contribution in [0.4, 0.5) is 5.82 Å². The third-order valence-corrected chi connectivity index (χ3v) is 5.19. The number of rotatable bonds is 5. The first-order valence-corrected chi connectivity index (χ1v) is 8.75. The molecule has 0 saturated carbocycles. The summed E-state index contributed by atoms with van der Waals surface area (Å²) in [4.78, 5) is 20.3. The summed E-state index contributed by atoms with van der Waals surface area (Å²) >= 11 is 2.58. The van der Waals surface area contributed by atoms with Gasteiger partial charge in [0.05, 0.1) is 0 Å². The maximum absolute atomic E-state index is 11.4. The normalized spacial score (nSPS) is 11.2. The van der Waals surface area contributed by atoms with E-state index in [4.69, 9.17) is 0 Å². The lowest BCUT2D eigenvalue weighted by atomic mass is 10.2. The fraction of sp³-hybridized carbons (Fsp3) is 0.0667. The van der Waals surface area contributed by atoms with Crippen molar-refractivity contribution >= 4 is 33.9 Å². The highest BCUT2D eigenvalue weighted by Crippen LogP contribution is 2.35. The first-order chi connectivity index (χ1) is 11.7. The molecule has 7 nitrogen and oxygen atoms in total. The van der Waals surface area contributed by atoms with E-state index < -0.39 is 4.92 Å². The Morgan fingerprint density at radius 2 is 2.08 bits per heavy atom. The SMILES string of the molecule is O=[N+]([O-])c1c(Sc2nccn2Cc2ccccc2)nc2sccn12. The molecule has 0 saturated heterocycles. The van der Waals surface area contributed by atoms with Gasteiger partial charge in [-0.15, -0.1) is 0 Å². The van der Waals surface area contributed by atoms with E-state index in [1.807, 2.05) is 41.1 Å². The lowest BCUT2D eigenvalue weighted by Gasteiger charge is -2.06. The Kier molecular flexibility index (Phi) is 3.79. The van der Waals surface area contributed by atoms with Crippen LogP contribution in [-0.2, 0) is 6.54 Å². The number of nitrogens with zero attached hydrogens (tertiary/aromatic N) is 5. The molecular formula is C15H11N5O2S2. The molecule has 1 aromatic carbocycles. The third kappa shape index (κ3) is 2.68. The first kappa shape index (κ1) is 14.9. The molecule has 0 aliphatic rings. The van der Waals surface area contributed by atoms with Crippen LogP contribution in [0.1, 0.15) is 5.56 Å². The minimum Gasteiger partial charge on any atom is -0.358 e. The van der Waals surface area contributed by atoms with Crippen molar-refractivity contribution in [1.82, 2.24) is 18.9 Å². The first-order valence-electron chi connectivity index (χ1n) is 7.05. The van der Waals surface area contributed by atoms with E-state index in [1.165, 1.54) is 27.5 Å². The molecule has 0 bridgehead atoms. The fourth-order valence-electron chi connectivity index (χ4n) is 2.38. The number of hydrogen-bond acceptors (Lipinski definition) is 6. The van der Waals surface area contributed by atoms with Crippen molar-refractivity contribution in [2.45, 2.75) is 16.7 Å². The number of aromatic nitrogens is 4. The molecule has 120 valence electrons. The molecule has 0 aliphatic heterocycles. The van der Waals surface area contributed by atoms with Crippen molar-refractivity contribution in [3.63, 3.8) is 0 Å². The lowest BCUT2D eigenvalue weighted by Crippen LogP contribution is -2.00. The van der Waals surface area contributed by atoms with E-state index in [0.717, 1.165) is 5.56 Å². The lowest BCUT2D eigenvalue weighted by molar-refractivity contribution is -0.393. The summed E-state index contributed by atoms with van der Waals surface area (Å²) in [6.45, 7) is 0.652. The highest BCUT2D eigenvalue weighted by molar-refractivity contribution is 7.99. The van der Waals surface area contributed by atoms with E-state index in [2.05, 4.69) is 9.97 Å². The average Bonchev–Trinajstić information content (AvgIpc) is 3.25.